The first kappa shape index (κ1) is 23.5. The second-order valence-corrected chi connectivity index (χ2v) is 8.39. The molecule has 0 aliphatic rings. The molecule has 3 aromatic heterocycles. The van der Waals surface area contributed by atoms with Crippen LogP contribution in [0.15, 0.2) is 65.4 Å². The average Bonchev–Trinajstić information content (AvgIpc) is 3.21. The van der Waals surface area contributed by atoms with Gasteiger partial charge in [0.15, 0.2) is 12.5 Å². The van der Waals surface area contributed by atoms with E-state index in [2.05, 4.69) is 20.0 Å². The van der Waals surface area contributed by atoms with Crippen LogP contribution < -0.4 is 20.5 Å². The summed E-state index contributed by atoms with van der Waals surface area (Å²) < 4.78 is 48.5. The van der Waals surface area contributed by atoms with Gasteiger partial charge in [-0.2, -0.15) is 0 Å². The van der Waals surface area contributed by atoms with E-state index < -0.39 is 26.2 Å². The van der Waals surface area contributed by atoms with E-state index in [1.54, 1.807) is 36.5 Å². The van der Waals surface area contributed by atoms with E-state index >= 15 is 0 Å². The van der Waals surface area contributed by atoms with Gasteiger partial charge >= 0.3 is 0 Å². The topological polar surface area (TPSA) is 150 Å². The highest BCUT2D eigenvalue weighted by atomic mass is 31.2. The van der Waals surface area contributed by atoms with Crippen molar-refractivity contribution in [2.75, 3.05) is 11.1 Å². The Hall–Kier alpha value is -3.70. The van der Waals surface area contributed by atoms with Crippen LogP contribution >= 0.6 is 7.82 Å². The molecule has 1 unspecified atom stereocenters. The van der Waals surface area contributed by atoms with Crippen LogP contribution in [0.1, 0.15) is 11.3 Å². The maximum absolute atomic E-state index is 13.3. The minimum Gasteiger partial charge on any atom is -0.756 e. The van der Waals surface area contributed by atoms with Crippen LogP contribution in [0.2, 0.25) is 0 Å². The molecule has 3 heterocycles. The van der Waals surface area contributed by atoms with Crippen LogP contribution in [-0.2, 0) is 22.2 Å². The van der Waals surface area contributed by atoms with Crippen molar-refractivity contribution in [2.45, 2.75) is 13.2 Å². The molecule has 34 heavy (non-hydrogen) atoms. The lowest BCUT2D eigenvalue weighted by molar-refractivity contribution is -0.712. The van der Waals surface area contributed by atoms with Gasteiger partial charge in [0.05, 0.1) is 11.9 Å². The molecule has 1 atom stereocenters. The quantitative estimate of drug-likeness (QED) is 0.251. The molecule has 0 bridgehead atoms. The van der Waals surface area contributed by atoms with E-state index in [0.29, 0.717) is 29.3 Å². The van der Waals surface area contributed by atoms with E-state index in [4.69, 9.17) is 15.2 Å². The van der Waals surface area contributed by atoms with E-state index in [1.165, 1.54) is 10.8 Å². The molecule has 10 nitrogen and oxygen atoms in total. The maximum Gasteiger partial charge on any atom is 0.285 e. The van der Waals surface area contributed by atoms with Crippen molar-refractivity contribution in [3.05, 3.63) is 83.8 Å². The first-order valence-electron chi connectivity index (χ1n) is 9.76. The van der Waals surface area contributed by atoms with Crippen LogP contribution in [0.25, 0.3) is 11.3 Å². The van der Waals surface area contributed by atoms with Gasteiger partial charge in [-0.15, -0.1) is 0 Å². The summed E-state index contributed by atoms with van der Waals surface area (Å²) in [5.74, 6) is -0.502. The highest BCUT2D eigenvalue weighted by molar-refractivity contribution is 7.44. The minimum atomic E-state index is -4.91. The third kappa shape index (κ3) is 6.00. The summed E-state index contributed by atoms with van der Waals surface area (Å²) in [5.41, 5.74) is 8.13. The van der Waals surface area contributed by atoms with E-state index in [-0.39, 0.29) is 11.5 Å². The molecule has 0 saturated carbocycles. The van der Waals surface area contributed by atoms with Gasteiger partial charge in [-0.05, 0) is 35.9 Å². The molecule has 4 rings (SSSR count). The lowest BCUT2D eigenvalue weighted by atomic mass is 10.1. The fourth-order valence-corrected chi connectivity index (χ4v) is 3.40. The monoisotopic (exact) mass is 489 g/mol. The first-order chi connectivity index (χ1) is 16.2. The van der Waals surface area contributed by atoms with Crippen LogP contribution in [0.5, 0.6) is 0 Å². The predicted octanol–water partition coefficient (Wildman–Crippen LogP) is 2.65. The lowest BCUT2D eigenvalue weighted by Crippen LogP contribution is -2.38. The van der Waals surface area contributed by atoms with Crippen molar-refractivity contribution in [1.82, 2.24) is 10.1 Å². The smallest absolute Gasteiger partial charge is 0.285 e. The molecule has 176 valence electrons. The fraction of sp³-hybridized carbons (Fsp3) is 0.0952. The molecule has 0 saturated heterocycles. The predicted molar refractivity (Wildman–Crippen MR) is 114 cm³/mol. The summed E-state index contributed by atoms with van der Waals surface area (Å²) in [6.07, 6.45) is 3.45. The van der Waals surface area contributed by atoms with Crippen molar-refractivity contribution in [2.24, 2.45) is 0 Å². The van der Waals surface area contributed by atoms with Crippen LogP contribution in [-0.4, -0.2) is 15.0 Å². The van der Waals surface area contributed by atoms with Gasteiger partial charge in [0, 0.05) is 30.4 Å². The van der Waals surface area contributed by atoms with Crippen molar-refractivity contribution in [3.8, 4) is 11.3 Å². The van der Waals surface area contributed by atoms with Crippen molar-refractivity contribution >= 4 is 25.1 Å². The molecule has 0 amide bonds. The third-order valence-corrected chi connectivity index (χ3v) is 5.09. The Morgan fingerprint density at radius 3 is 2.65 bits per heavy atom. The number of nitrogens with zero attached hydrogens (tertiary/aromatic N) is 3. The fourth-order valence-electron chi connectivity index (χ4n) is 3.13. The van der Waals surface area contributed by atoms with Gasteiger partial charge < -0.3 is 19.6 Å². The molecular formula is C21H18F2N5O5P. The lowest BCUT2D eigenvalue weighted by Gasteiger charge is -2.14. The number of phosphoric ester groups is 1. The largest absolute Gasteiger partial charge is 0.756 e. The van der Waals surface area contributed by atoms with E-state index in [9.17, 15) is 18.2 Å². The summed E-state index contributed by atoms with van der Waals surface area (Å²) >= 11 is 0. The molecule has 0 aliphatic heterocycles. The summed E-state index contributed by atoms with van der Waals surface area (Å²) in [6, 6.07) is 11.5. The standard InChI is InChI=1S/C21H18F2N5O5P/c22-14-7-15(23)9-16(8-14)26-20-4-3-13(11-25-20)6-17-10-19(33-27-17)18-2-1-5-28(21(18)24)12-32-34(29,30)31/h1-5,7-11,24H,6,12H2,(H3,25,26,29,30,31). The molecule has 0 radical (unpaired) electrons. The molecule has 0 spiro atoms. The number of pyridine rings is 2. The molecular weight excluding hydrogens is 471 g/mol. The highest BCUT2D eigenvalue weighted by Crippen LogP contribution is 2.30. The first-order valence-corrected chi connectivity index (χ1v) is 11.3. The number of phosphoric acid groups is 1. The van der Waals surface area contributed by atoms with Gasteiger partial charge in [-0.3, -0.25) is 14.8 Å². The number of hydrogen-bond donors (Lipinski definition) is 3. The van der Waals surface area contributed by atoms with Crippen LogP contribution in [0, 0.1) is 11.6 Å². The molecule has 0 fully saturated rings. The SMILES string of the molecule is Nc1c(-c2cc(Cc3ccc(Nc4cc(F)cc(F)c4)nc3)no2)ccc[n+]1COP(=O)([O-])O. The third-order valence-electron chi connectivity index (χ3n) is 4.64. The van der Waals surface area contributed by atoms with Gasteiger partial charge in [0.25, 0.3) is 13.6 Å². The Bertz CT molecular complexity index is 1340. The van der Waals surface area contributed by atoms with E-state index in [0.717, 1.165) is 23.8 Å². The summed E-state index contributed by atoms with van der Waals surface area (Å²) in [7, 11) is -4.91. The summed E-state index contributed by atoms with van der Waals surface area (Å²) in [6.45, 7) is -0.508. The summed E-state index contributed by atoms with van der Waals surface area (Å²) in [5, 5.41) is 6.85. The number of benzene rings is 1. The number of halogens is 2. The second-order valence-electron chi connectivity index (χ2n) is 7.20. The van der Waals surface area contributed by atoms with Gasteiger partial charge in [-0.25, -0.2) is 18.3 Å². The number of nitrogen functional groups attached to an aromatic ring is 1. The maximum atomic E-state index is 13.3. The van der Waals surface area contributed by atoms with Gasteiger partial charge in [0.2, 0.25) is 0 Å². The van der Waals surface area contributed by atoms with Crippen molar-refractivity contribution in [1.29, 1.82) is 0 Å². The molecule has 4 aromatic rings. The Morgan fingerprint density at radius 1 is 1.21 bits per heavy atom. The number of aromatic nitrogens is 3. The number of anilines is 3. The number of nitrogens with two attached hydrogens (primary N) is 1. The molecule has 4 N–H and O–H groups in total. The Labute approximate surface area is 191 Å². The normalized spacial score (nSPS) is 12.9. The Morgan fingerprint density at radius 2 is 1.97 bits per heavy atom. The van der Waals surface area contributed by atoms with Crippen LogP contribution in [0.3, 0.4) is 0 Å². The minimum absolute atomic E-state index is 0.143. The number of rotatable bonds is 8. The number of hydrogen-bond acceptors (Lipinski definition) is 8. The molecule has 1 aromatic carbocycles. The van der Waals surface area contributed by atoms with Crippen molar-refractivity contribution < 1.29 is 36.7 Å². The zero-order valence-corrected chi connectivity index (χ0v) is 18.3. The van der Waals surface area contributed by atoms with Crippen molar-refractivity contribution in [3.63, 3.8) is 0 Å². The summed E-state index contributed by atoms with van der Waals surface area (Å²) in [4.78, 5) is 23.8. The Balaban J connectivity index is 1.44. The Kier molecular flexibility index (Phi) is 6.66. The van der Waals surface area contributed by atoms with Gasteiger partial charge in [-0.1, -0.05) is 11.2 Å². The zero-order chi connectivity index (χ0) is 24.3. The van der Waals surface area contributed by atoms with Gasteiger partial charge in [0.1, 0.15) is 23.0 Å². The second kappa shape index (κ2) is 9.65. The molecule has 0 aliphatic carbocycles. The zero-order valence-electron chi connectivity index (χ0n) is 17.4. The highest BCUT2D eigenvalue weighted by Gasteiger charge is 2.18. The van der Waals surface area contributed by atoms with E-state index in [1.807, 2.05) is 0 Å². The van der Waals surface area contributed by atoms with Crippen LogP contribution in [0.4, 0.5) is 26.1 Å². The number of nitrogens with one attached hydrogen (secondary N) is 1. The molecule has 13 heteroatoms. The average molecular weight is 489 g/mol.